The average molecular weight is 288 g/mol. The Morgan fingerprint density at radius 3 is 3.00 bits per heavy atom. The predicted octanol–water partition coefficient (Wildman–Crippen LogP) is 0.0269. The summed E-state index contributed by atoms with van der Waals surface area (Å²) in [6, 6.07) is 1.86. The lowest BCUT2D eigenvalue weighted by Gasteiger charge is -2.27. The molecule has 2 aromatic heterocycles. The third-order valence-electron chi connectivity index (χ3n) is 4.09. The van der Waals surface area contributed by atoms with Gasteiger partial charge in [-0.05, 0) is 18.9 Å². The number of aliphatic hydroxyl groups excluding tert-OH is 1. The molecule has 8 nitrogen and oxygen atoms in total. The van der Waals surface area contributed by atoms with Crippen LogP contribution in [-0.4, -0.2) is 47.4 Å². The number of amides is 1. The minimum atomic E-state index is -0.134. The number of nitrogens with one attached hydrogen (secondary N) is 1. The molecule has 8 heteroatoms. The van der Waals surface area contributed by atoms with Gasteiger partial charge in [-0.3, -0.25) is 9.89 Å². The van der Waals surface area contributed by atoms with Gasteiger partial charge in [-0.25, -0.2) is 0 Å². The van der Waals surface area contributed by atoms with Crippen LogP contribution in [0.25, 0.3) is 0 Å². The van der Waals surface area contributed by atoms with Crippen LogP contribution in [0, 0.1) is 0 Å². The number of aliphatic hydroxyl groups is 1. The monoisotopic (exact) mass is 288 g/mol. The van der Waals surface area contributed by atoms with E-state index in [0.29, 0.717) is 42.9 Å². The van der Waals surface area contributed by atoms with Gasteiger partial charge in [-0.2, -0.15) is 5.10 Å². The van der Waals surface area contributed by atoms with Crippen molar-refractivity contribution in [2.45, 2.75) is 38.5 Å². The summed E-state index contributed by atoms with van der Waals surface area (Å²) in [5, 5.41) is 24.2. The molecule has 0 atom stereocenters. The second-order valence-electron chi connectivity index (χ2n) is 5.55. The van der Waals surface area contributed by atoms with Crippen LogP contribution in [0.15, 0.2) is 6.07 Å². The van der Waals surface area contributed by atoms with Crippen LogP contribution < -0.4 is 0 Å². The minimum absolute atomic E-state index is 0.0852. The Bertz CT molecular complexity index is 687. The van der Waals surface area contributed by atoms with Gasteiger partial charge in [0.15, 0.2) is 11.6 Å². The summed E-state index contributed by atoms with van der Waals surface area (Å²) in [7, 11) is 0. The Kier molecular flexibility index (Phi) is 2.78. The highest BCUT2D eigenvalue weighted by atomic mass is 16.3. The van der Waals surface area contributed by atoms with E-state index in [1.165, 1.54) is 12.8 Å². The van der Waals surface area contributed by atoms with E-state index >= 15 is 0 Å². The van der Waals surface area contributed by atoms with E-state index in [4.69, 9.17) is 0 Å². The van der Waals surface area contributed by atoms with E-state index in [-0.39, 0.29) is 12.5 Å². The van der Waals surface area contributed by atoms with Crippen LogP contribution >= 0.6 is 0 Å². The molecule has 2 aliphatic rings. The molecule has 2 N–H and O–H groups in total. The predicted molar refractivity (Wildman–Crippen MR) is 71.2 cm³/mol. The van der Waals surface area contributed by atoms with Gasteiger partial charge in [-0.1, -0.05) is 0 Å². The van der Waals surface area contributed by atoms with Gasteiger partial charge in [-0.15, -0.1) is 10.2 Å². The standard InChI is InChI=1S/C13H16N6O2/c20-7-12-17-16-11-6-18(3-4-19(11)12)13(21)10-5-9(14-15-10)8-1-2-8/h5,8,20H,1-4,6-7H2,(H,14,15). The fourth-order valence-corrected chi connectivity index (χ4v) is 2.72. The number of hydrogen-bond donors (Lipinski definition) is 2. The van der Waals surface area contributed by atoms with Crippen molar-refractivity contribution in [2.75, 3.05) is 6.54 Å². The highest BCUT2D eigenvalue weighted by molar-refractivity contribution is 5.92. The minimum Gasteiger partial charge on any atom is -0.388 e. The van der Waals surface area contributed by atoms with Gasteiger partial charge in [0.1, 0.15) is 12.3 Å². The summed E-state index contributed by atoms with van der Waals surface area (Å²) in [6.07, 6.45) is 2.35. The van der Waals surface area contributed by atoms with Crippen molar-refractivity contribution in [2.24, 2.45) is 0 Å². The second kappa shape index (κ2) is 4.66. The first-order valence-electron chi connectivity index (χ1n) is 7.12. The average Bonchev–Trinajstić information content (AvgIpc) is 3.11. The molecule has 0 spiro atoms. The van der Waals surface area contributed by atoms with Gasteiger partial charge in [0, 0.05) is 24.7 Å². The van der Waals surface area contributed by atoms with E-state index in [0.717, 1.165) is 5.69 Å². The van der Waals surface area contributed by atoms with Gasteiger partial charge < -0.3 is 14.6 Å². The van der Waals surface area contributed by atoms with Crippen molar-refractivity contribution < 1.29 is 9.90 Å². The first kappa shape index (κ1) is 12.5. The topological polar surface area (TPSA) is 99.9 Å². The molecule has 4 rings (SSSR count). The van der Waals surface area contributed by atoms with Crippen LogP contribution in [0.4, 0.5) is 0 Å². The molecular weight excluding hydrogens is 272 g/mol. The van der Waals surface area contributed by atoms with Crippen molar-refractivity contribution >= 4 is 5.91 Å². The van der Waals surface area contributed by atoms with Crippen LogP contribution in [0.3, 0.4) is 0 Å². The maximum absolute atomic E-state index is 12.5. The summed E-state index contributed by atoms with van der Waals surface area (Å²) >= 11 is 0. The molecule has 0 bridgehead atoms. The van der Waals surface area contributed by atoms with Gasteiger partial charge >= 0.3 is 0 Å². The maximum atomic E-state index is 12.5. The molecule has 0 aromatic carbocycles. The molecule has 1 fully saturated rings. The number of carbonyl (C=O) groups excluding carboxylic acids is 1. The lowest BCUT2D eigenvalue weighted by molar-refractivity contribution is 0.0699. The number of carbonyl (C=O) groups is 1. The second-order valence-corrected chi connectivity index (χ2v) is 5.55. The lowest BCUT2D eigenvalue weighted by atomic mass is 10.2. The molecule has 1 amide bonds. The molecule has 3 heterocycles. The van der Waals surface area contributed by atoms with Crippen LogP contribution in [0.2, 0.25) is 0 Å². The van der Waals surface area contributed by atoms with Crippen molar-refractivity contribution in [3.63, 3.8) is 0 Å². The zero-order chi connectivity index (χ0) is 14.4. The summed E-state index contributed by atoms with van der Waals surface area (Å²) in [6.45, 7) is 1.44. The highest BCUT2D eigenvalue weighted by Gasteiger charge is 2.29. The zero-order valence-corrected chi connectivity index (χ0v) is 11.5. The molecule has 0 unspecified atom stereocenters. The molecule has 0 radical (unpaired) electrons. The van der Waals surface area contributed by atoms with E-state index in [1.807, 2.05) is 10.6 Å². The molecule has 0 saturated heterocycles. The van der Waals surface area contributed by atoms with Crippen LogP contribution in [0.1, 0.15) is 46.6 Å². The Hall–Kier alpha value is -2.22. The molecule has 1 aliphatic carbocycles. The first-order valence-corrected chi connectivity index (χ1v) is 7.12. The van der Waals surface area contributed by atoms with Crippen LogP contribution in [-0.2, 0) is 19.7 Å². The fourth-order valence-electron chi connectivity index (χ4n) is 2.72. The number of nitrogens with zero attached hydrogens (tertiary/aromatic N) is 5. The number of rotatable bonds is 3. The van der Waals surface area contributed by atoms with E-state index in [1.54, 1.807) is 4.90 Å². The summed E-state index contributed by atoms with van der Waals surface area (Å²) in [5.41, 5.74) is 1.52. The molecule has 1 aliphatic heterocycles. The molecule has 21 heavy (non-hydrogen) atoms. The Morgan fingerprint density at radius 1 is 1.38 bits per heavy atom. The fraction of sp³-hybridized carbons (Fsp3) is 0.538. The SMILES string of the molecule is O=C(c1cc(C2CC2)[nH]n1)N1CCn2c(CO)nnc2C1. The van der Waals surface area contributed by atoms with Crippen molar-refractivity contribution in [3.8, 4) is 0 Å². The Balaban J connectivity index is 1.52. The third kappa shape index (κ3) is 2.11. The molecular formula is C13H16N6O2. The normalized spacial score (nSPS) is 17.9. The number of fused-ring (bicyclic) bond motifs is 1. The van der Waals surface area contributed by atoms with Crippen LogP contribution in [0.5, 0.6) is 0 Å². The number of aromatic nitrogens is 5. The van der Waals surface area contributed by atoms with Gasteiger partial charge in [0.05, 0.1) is 6.54 Å². The number of hydrogen-bond acceptors (Lipinski definition) is 5. The van der Waals surface area contributed by atoms with Crippen molar-refractivity contribution in [1.29, 1.82) is 0 Å². The molecule has 110 valence electrons. The van der Waals surface area contributed by atoms with E-state index in [9.17, 15) is 9.90 Å². The zero-order valence-electron chi connectivity index (χ0n) is 11.5. The third-order valence-corrected chi connectivity index (χ3v) is 4.09. The summed E-state index contributed by atoms with van der Waals surface area (Å²) in [5.74, 6) is 1.72. The van der Waals surface area contributed by atoms with E-state index < -0.39 is 0 Å². The Morgan fingerprint density at radius 2 is 2.24 bits per heavy atom. The largest absolute Gasteiger partial charge is 0.388 e. The number of aromatic amines is 1. The quantitative estimate of drug-likeness (QED) is 0.830. The number of H-pyrrole nitrogens is 1. The summed E-state index contributed by atoms with van der Waals surface area (Å²) < 4.78 is 1.87. The summed E-state index contributed by atoms with van der Waals surface area (Å²) in [4.78, 5) is 14.2. The smallest absolute Gasteiger partial charge is 0.274 e. The first-order chi connectivity index (χ1) is 10.3. The lowest BCUT2D eigenvalue weighted by Crippen LogP contribution is -2.39. The van der Waals surface area contributed by atoms with Crippen molar-refractivity contribution in [1.82, 2.24) is 29.9 Å². The molecule has 1 saturated carbocycles. The van der Waals surface area contributed by atoms with Crippen molar-refractivity contribution in [3.05, 3.63) is 29.1 Å². The maximum Gasteiger partial charge on any atom is 0.274 e. The molecule has 2 aromatic rings. The highest BCUT2D eigenvalue weighted by Crippen LogP contribution is 2.39. The van der Waals surface area contributed by atoms with E-state index in [2.05, 4.69) is 20.4 Å². The van der Waals surface area contributed by atoms with Gasteiger partial charge in [0.2, 0.25) is 0 Å². The van der Waals surface area contributed by atoms with Gasteiger partial charge in [0.25, 0.3) is 5.91 Å². The Labute approximate surface area is 120 Å².